The summed E-state index contributed by atoms with van der Waals surface area (Å²) in [7, 11) is 3.23. The number of nitrogens with one attached hydrogen (secondary N) is 1. The van der Waals surface area contributed by atoms with Gasteiger partial charge in [0.2, 0.25) is 0 Å². The van der Waals surface area contributed by atoms with Crippen LogP contribution in [0.3, 0.4) is 0 Å². The first kappa shape index (κ1) is 17.1. The van der Waals surface area contributed by atoms with Gasteiger partial charge in [-0.3, -0.25) is 14.8 Å². The summed E-state index contributed by atoms with van der Waals surface area (Å²) in [6, 6.07) is 13.3. The fourth-order valence-corrected chi connectivity index (χ4v) is 3.61. The highest BCUT2D eigenvalue weighted by Crippen LogP contribution is 2.45. The summed E-state index contributed by atoms with van der Waals surface area (Å²) >= 11 is 0. The van der Waals surface area contributed by atoms with Gasteiger partial charge in [-0.25, -0.2) is 0 Å². The van der Waals surface area contributed by atoms with Crippen molar-refractivity contribution in [3.8, 4) is 11.5 Å². The highest BCUT2D eigenvalue weighted by molar-refractivity contribution is 6.10. The zero-order chi connectivity index (χ0) is 19.1. The van der Waals surface area contributed by atoms with Crippen LogP contribution in [0.25, 0.3) is 0 Å². The van der Waals surface area contributed by atoms with Crippen molar-refractivity contribution in [3.63, 3.8) is 0 Å². The molecule has 0 fully saturated rings. The molecular formula is C21H21N3O3. The van der Waals surface area contributed by atoms with E-state index in [1.165, 1.54) is 0 Å². The average Bonchev–Trinajstić information content (AvgIpc) is 3.20. The monoisotopic (exact) mass is 363 g/mol. The number of aryl methyl sites for hydroxylation is 2. The number of benzene rings is 2. The molecule has 138 valence electrons. The summed E-state index contributed by atoms with van der Waals surface area (Å²) in [4.78, 5) is 15.0. The molecule has 1 amide bonds. The second-order valence-corrected chi connectivity index (χ2v) is 6.63. The van der Waals surface area contributed by atoms with Gasteiger partial charge in [0.05, 0.1) is 20.3 Å². The number of H-pyrrole nitrogens is 1. The van der Waals surface area contributed by atoms with E-state index < -0.39 is 0 Å². The first-order valence-electron chi connectivity index (χ1n) is 8.72. The number of hydrogen-bond acceptors (Lipinski definition) is 4. The Kier molecular flexibility index (Phi) is 4.11. The molecule has 1 atom stereocenters. The summed E-state index contributed by atoms with van der Waals surface area (Å²) in [5, 5.41) is 7.20. The highest BCUT2D eigenvalue weighted by atomic mass is 16.5. The third-order valence-electron chi connectivity index (χ3n) is 4.99. The van der Waals surface area contributed by atoms with Crippen molar-refractivity contribution in [1.82, 2.24) is 10.2 Å². The molecule has 1 aromatic heterocycles. The van der Waals surface area contributed by atoms with Gasteiger partial charge in [0.25, 0.3) is 5.91 Å². The van der Waals surface area contributed by atoms with Gasteiger partial charge in [0, 0.05) is 28.6 Å². The van der Waals surface area contributed by atoms with Gasteiger partial charge in [0.1, 0.15) is 11.5 Å². The normalized spacial score (nSPS) is 15.8. The highest BCUT2D eigenvalue weighted by Gasteiger charge is 2.43. The average molecular weight is 363 g/mol. The van der Waals surface area contributed by atoms with Crippen molar-refractivity contribution in [3.05, 3.63) is 70.5 Å². The molecule has 0 spiro atoms. The first-order valence-corrected chi connectivity index (χ1v) is 8.72. The number of hydrogen-bond donors (Lipinski definition) is 1. The Morgan fingerprint density at radius 1 is 1.04 bits per heavy atom. The SMILES string of the molecule is COc1ccc([C@H]2c3c(n[nH]c3C)C(=O)N2c2ccc(C)cc2)c(OC)c1. The van der Waals surface area contributed by atoms with E-state index in [0.717, 1.165) is 28.1 Å². The van der Waals surface area contributed by atoms with Crippen LogP contribution in [-0.2, 0) is 0 Å². The van der Waals surface area contributed by atoms with Crippen LogP contribution in [0.15, 0.2) is 42.5 Å². The summed E-state index contributed by atoms with van der Waals surface area (Å²) in [5.74, 6) is 1.24. The standard InChI is InChI=1S/C21H21N3O3/c1-12-5-7-14(8-6-12)24-20(18-13(2)22-23-19(18)21(24)25)16-10-9-15(26-3)11-17(16)27-4/h5-11,20H,1-4H3,(H,22,23)/t20-/m0/s1. The third-order valence-corrected chi connectivity index (χ3v) is 4.99. The maximum Gasteiger partial charge on any atom is 0.280 e. The van der Waals surface area contributed by atoms with Gasteiger partial charge < -0.3 is 9.47 Å². The van der Waals surface area contributed by atoms with E-state index in [4.69, 9.17) is 9.47 Å². The quantitative estimate of drug-likeness (QED) is 0.766. The molecule has 6 heteroatoms. The molecule has 2 aromatic carbocycles. The fourth-order valence-electron chi connectivity index (χ4n) is 3.61. The van der Waals surface area contributed by atoms with Crippen molar-refractivity contribution in [2.45, 2.75) is 19.9 Å². The molecule has 0 unspecified atom stereocenters. The van der Waals surface area contributed by atoms with Crippen LogP contribution in [-0.4, -0.2) is 30.3 Å². The molecule has 1 N–H and O–H groups in total. The molecule has 2 heterocycles. The van der Waals surface area contributed by atoms with Gasteiger partial charge in [-0.05, 0) is 38.1 Å². The van der Waals surface area contributed by atoms with Crippen LogP contribution in [0.4, 0.5) is 5.69 Å². The predicted octanol–water partition coefficient (Wildman–Crippen LogP) is 3.79. The molecule has 3 aromatic rings. The largest absolute Gasteiger partial charge is 0.497 e. The molecule has 6 nitrogen and oxygen atoms in total. The molecule has 0 aliphatic carbocycles. The van der Waals surface area contributed by atoms with Crippen molar-refractivity contribution in [2.24, 2.45) is 0 Å². The fraction of sp³-hybridized carbons (Fsp3) is 0.238. The Balaban J connectivity index is 1.92. The number of aromatic amines is 1. The molecule has 0 saturated carbocycles. The zero-order valence-electron chi connectivity index (χ0n) is 15.7. The number of amides is 1. The smallest absolute Gasteiger partial charge is 0.280 e. The minimum Gasteiger partial charge on any atom is -0.497 e. The molecule has 4 rings (SSSR count). The number of anilines is 1. The van der Waals surface area contributed by atoms with Gasteiger partial charge in [-0.2, -0.15) is 5.10 Å². The Hall–Kier alpha value is -3.28. The van der Waals surface area contributed by atoms with Crippen molar-refractivity contribution >= 4 is 11.6 Å². The summed E-state index contributed by atoms with van der Waals surface area (Å²) in [5.41, 5.74) is 5.05. The van der Waals surface area contributed by atoms with Crippen molar-refractivity contribution in [1.29, 1.82) is 0 Å². The van der Waals surface area contributed by atoms with Crippen LogP contribution >= 0.6 is 0 Å². The van der Waals surface area contributed by atoms with Crippen molar-refractivity contribution < 1.29 is 14.3 Å². The molecular weight excluding hydrogens is 342 g/mol. The van der Waals surface area contributed by atoms with Crippen LogP contribution in [0.2, 0.25) is 0 Å². The zero-order valence-corrected chi connectivity index (χ0v) is 15.7. The lowest BCUT2D eigenvalue weighted by Crippen LogP contribution is -2.29. The minimum absolute atomic E-state index is 0.124. The second kappa shape index (κ2) is 6.46. The number of rotatable bonds is 4. The summed E-state index contributed by atoms with van der Waals surface area (Å²) in [6.45, 7) is 3.95. The number of carbonyl (C=O) groups excluding carboxylic acids is 1. The van der Waals surface area contributed by atoms with Gasteiger partial charge in [-0.15, -0.1) is 0 Å². The van der Waals surface area contributed by atoms with Gasteiger partial charge in [0.15, 0.2) is 5.69 Å². The second-order valence-electron chi connectivity index (χ2n) is 6.63. The van der Waals surface area contributed by atoms with Crippen LogP contribution < -0.4 is 14.4 Å². The molecule has 0 saturated heterocycles. The van der Waals surface area contributed by atoms with Crippen LogP contribution in [0.1, 0.15) is 38.9 Å². The molecule has 27 heavy (non-hydrogen) atoms. The lowest BCUT2D eigenvalue weighted by atomic mass is 9.97. The lowest BCUT2D eigenvalue weighted by Gasteiger charge is -2.27. The van der Waals surface area contributed by atoms with E-state index in [1.807, 2.05) is 56.3 Å². The topological polar surface area (TPSA) is 67.5 Å². The number of nitrogens with zero attached hydrogens (tertiary/aromatic N) is 2. The molecule has 0 bridgehead atoms. The first-order chi connectivity index (χ1) is 13.0. The van der Waals surface area contributed by atoms with Gasteiger partial charge >= 0.3 is 0 Å². The predicted molar refractivity (Wildman–Crippen MR) is 103 cm³/mol. The number of fused-ring (bicyclic) bond motifs is 1. The number of methoxy groups -OCH3 is 2. The van der Waals surface area contributed by atoms with Gasteiger partial charge in [-0.1, -0.05) is 17.7 Å². The maximum atomic E-state index is 13.2. The Labute approximate surface area is 157 Å². The summed E-state index contributed by atoms with van der Waals surface area (Å²) < 4.78 is 10.9. The van der Waals surface area contributed by atoms with E-state index >= 15 is 0 Å². The lowest BCUT2D eigenvalue weighted by molar-refractivity contribution is 0.0988. The Morgan fingerprint density at radius 2 is 1.78 bits per heavy atom. The Morgan fingerprint density at radius 3 is 2.44 bits per heavy atom. The number of carbonyl (C=O) groups is 1. The van der Waals surface area contributed by atoms with Crippen LogP contribution in [0, 0.1) is 13.8 Å². The molecule has 1 aliphatic rings. The van der Waals surface area contributed by atoms with Crippen LogP contribution in [0.5, 0.6) is 11.5 Å². The van der Waals surface area contributed by atoms with Crippen molar-refractivity contribution in [2.75, 3.05) is 19.1 Å². The number of ether oxygens (including phenoxy) is 2. The van der Waals surface area contributed by atoms with E-state index in [1.54, 1.807) is 19.1 Å². The van der Waals surface area contributed by atoms with E-state index in [2.05, 4.69) is 10.2 Å². The number of aromatic nitrogens is 2. The third kappa shape index (κ3) is 2.65. The molecule has 1 aliphatic heterocycles. The summed E-state index contributed by atoms with van der Waals surface area (Å²) in [6.07, 6.45) is 0. The Bertz CT molecular complexity index is 1010. The van der Waals surface area contributed by atoms with E-state index in [9.17, 15) is 4.79 Å². The molecule has 0 radical (unpaired) electrons. The maximum absolute atomic E-state index is 13.2. The van der Waals surface area contributed by atoms with E-state index in [0.29, 0.717) is 17.2 Å². The minimum atomic E-state index is -0.324. The van der Waals surface area contributed by atoms with E-state index in [-0.39, 0.29) is 11.9 Å².